The Morgan fingerprint density at radius 2 is 1.68 bits per heavy atom. The maximum Gasteiger partial charge on any atom is 0.216 e. The quantitative estimate of drug-likeness (QED) is 0.915. The molecule has 0 heterocycles. The molecule has 3 nitrogen and oxygen atoms in total. The number of hydrogen-bond acceptors (Lipinski definition) is 2. The molecule has 0 aliphatic carbocycles. The van der Waals surface area contributed by atoms with Crippen LogP contribution in [0.25, 0.3) is 0 Å². The molecule has 0 saturated carbocycles. The fourth-order valence-electron chi connectivity index (χ4n) is 2.78. The van der Waals surface area contributed by atoms with Crippen LogP contribution in [-0.4, -0.2) is 8.42 Å². The summed E-state index contributed by atoms with van der Waals surface area (Å²) in [5.41, 5.74) is 3.28. The van der Waals surface area contributed by atoms with Crippen molar-refractivity contribution in [2.45, 2.75) is 39.0 Å². The minimum Gasteiger partial charge on any atom is -0.212 e. The molecule has 0 fully saturated rings. The summed E-state index contributed by atoms with van der Waals surface area (Å²) in [5, 5.41) is 0. The lowest BCUT2D eigenvalue weighted by molar-refractivity contribution is 0.469. The predicted molar refractivity (Wildman–Crippen MR) is 91.1 cm³/mol. The first-order valence-corrected chi connectivity index (χ1v) is 8.98. The van der Waals surface area contributed by atoms with Gasteiger partial charge in [-0.2, -0.15) is 0 Å². The number of aryl methyl sites for hydroxylation is 2. The minimum absolute atomic E-state index is 0.00993. The third kappa shape index (κ3) is 4.18. The number of sulfonamides is 1. The molecule has 0 aliphatic rings. The van der Waals surface area contributed by atoms with Gasteiger partial charge in [-0.05, 0) is 44.4 Å². The van der Waals surface area contributed by atoms with Crippen molar-refractivity contribution in [1.29, 1.82) is 0 Å². The van der Waals surface area contributed by atoms with E-state index in [0.717, 1.165) is 22.3 Å². The molecule has 0 saturated heterocycles. The molecule has 0 spiro atoms. The van der Waals surface area contributed by atoms with Crippen LogP contribution in [0.3, 0.4) is 0 Å². The number of benzene rings is 2. The lowest BCUT2D eigenvalue weighted by Crippen LogP contribution is -2.41. The summed E-state index contributed by atoms with van der Waals surface area (Å²) in [5.74, 6) is -0.00993. The molecule has 1 N–H and O–H groups in total. The molecule has 2 aromatic rings. The molecule has 118 valence electrons. The molecule has 0 amide bonds. The van der Waals surface area contributed by atoms with Crippen LogP contribution in [0.1, 0.15) is 36.1 Å². The van der Waals surface area contributed by atoms with Crippen molar-refractivity contribution in [3.63, 3.8) is 0 Å². The topological polar surface area (TPSA) is 46.2 Å². The summed E-state index contributed by atoms with van der Waals surface area (Å²) in [7, 11) is -3.42. The second-order valence-corrected chi connectivity index (χ2v) is 8.01. The molecule has 0 bridgehead atoms. The normalized spacial score (nSPS) is 12.4. The van der Waals surface area contributed by atoms with Crippen LogP contribution in [0.2, 0.25) is 0 Å². The molecule has 0 atom stereocenters. The van der Waals surface area contributed by atoms with Gasteiger partial charge in [0.15, 0.2) is 0 Å². The van der Waals surface area contributed by atoms with E-state index in [1.807, 2.05) is 76.2 Å². The summed E-state index contributed by atoms with van der Waals surface area (Å²) in [4.78, 5) is 0. The molecule has 22 heavy (non-hydrogen) atoms. The van der Waals surface area contributed by atoms with E-state index in [2.05, 4.69) is 4.72 Å². The fraction of sp³-hybridized carbons (Fsp3) is 0.333. The predicted octanol–water partition coefficient (Wildman–Crippen LogP) is 3.66. The first-order chi connectivity index (χ1) is 10.2. The van der Waals surface area contributed by atoms with Crippen LogP contribution in [0.4, 0.5) is 0 Å². The van der Waals surface area contributed by atoms with Crippen LogP contribution >= 0.6 is 0 Å². The van der Waals surface area contributed by atoms with E-state index in [0.29, 0.717) is 0 Å². The van der Waals surface area contributed by atoms with E-state index in [1.165, 1.54) is 0 Å². The molecule has 2 aromatic carbocycles. The molecule has 4 heteroatoms. The fourth-order valence-corrected chi connectivity index (χ4v) is 4.35. The second-order valence-electron chi connectivity index (χ2n) is 6.29. The SMILES string of the molecule is Cc1cccc(CS(=O)(=O)NC(C)(C)c2ccccc2C)c1. The van der Waals surface area contributed by atoms with E-state index in [9.17, 15) is 8.42 Å². The maximum atomic E-state index is 12.5. The number of rotatable bonds is 5. The van der Waals surface area contributed by atoms with Gasteiger partial charge in [0.1, 0.15) is 0 Å². The van der Waals surface area contributed by atoms with Crippen molar-refractivity contribution in [3.8, 4) is 0 Å². The van der Waals surface area contributed by atoms with Gasteiger partial charge in [0, 0.05) is 0 Å². The maximum absolute atomic E-state index is 12.5. The minimum atomic E-state index is -3.42. The first-order valence-electron chi connectivity index (χ1n) is 7.33. The van der Waals surface area contributed by atoms with Gasteiger partial charge in [0.2, 0.25) is 10.0 Å². The van der Waals surface area contributed by atoms with Crippen molar-refractivity contribution in [3.05, 3.63) is 70.8 Å². The van der Waals surface area contributed by atoms with Gasteiger partial charge in [-0.1, -0.05) is 54.1 Å². The molecule has 0 radical (unpaired) electrons. The zero-order valence-electron chi connectivity index (χ0n) is 13.6. The highest BCUT2D eigenvalue weighted by Crippen LogP contribution is 2.25. The summed E-state index contributed by atoms with van der Waals surface area (Å²) < 4.78 is 27.8. The molecule has 0 aliphatic heterocycles. The zero-order chi connectivity index (χ0) is 16.4. The molecule has 2 rings (SSSR count). The number of hydrogen-bond donors (Lipinski definition) is 1. The van der Waals surface area contributed by atoms with Gasteiger partial charge in [-0.3, -0.25) is 0 Å². The van der Waals surface area contributed by atoms with E-state index in [1.54, 1.807) is 0 Å². The average molecular weight is 317 g/mol. The molecule has 0 aromatic heterocycles. The van der Waals surface area contributed by atoms with E-state index < -0.39 is 15.6 Å². The Bertz CT molecular complexity index is 764. The number of nitrogens with one attached hydrogen (secondary N) is 1. The van der Waals surface area contributed by atoms with E-state index in [4.69, 9.17) is 0 Å². The summed E-state index contributed by atoms with van der Waals surface area (Å²) >= 11 is 0. The van der Waals surface area contributed by atoms with E-state index >= 15 is 0 Å². The van der Waals surface area contributed by atoms with Crippen molar-refractivity contribution in [2.24, 2.45) is 0 Å². The van der Waals surface area contributed by atoms with Gasteiger partial charge in [0.25, 0.3) is 0 Å². The van der Waals surface area contributed by atoms with E-state index in [-0.39, 0.29) is 5.75 Å². The molecular weight excluding hydrogens is 294 g/mol. The first kappa shape index (κ1) is 16.7. The van der Waals surface area contributed by atoms with Crippen LogP contribution in [0, 0.1) is 13.8 Å². The Hall–Kier alpha value is -1.65. The monoisotopic (exact) mass is 317 g/mol. The lowest BCUT2D eigenvalue weighted by Gasteiger charge is -2.28. The van der Waals surface area contributed by atoms with Gasteiger partial charge in [-0.25, -0.2) is 13.1 Å². The lowest BCUT2D eigenvalue weighted by atomic mass is 9.92. The van der Waals surface area contributed by atoms with Crippen molar-refractivity contribution in [2.75, 3.05) is 0 Å². The van der Waals surface area contributed by atoms with Crippen molar-refractivity contribution >= 4 is 10.0 Å². The van der Waals surface area contributed by atoms with Crippen LogP contribution in [-0.2, 0) is 21.3 Å². The Morgan fingerprint density at radius 3 is 2.32 bits per heavy atom. The van der Waals surface area contributed by atoms with Crippen molar-refractivity contribution < 1.29 is 8.42 Å². The van der Waals surface area contributed by atoms with Gasteiger partial charge in [-0.15, -0.1) is 0 Å². The summed E-state index contributed by atoms with van der Waals surface area (Å²) in [6, 6.07) is 15.4. The largest absolute Gasteiger partial charge is 0.216 e. The van der Waals surface area contributed by atoms with Gasteiger partial charge >= 0.3 is 0 Å². The highest BCUT2D eigenvalue weighted by Gasteiger charge is 2.28. The van der Waals surface area contributed by atoms with Crippen LogP contribution < -0.4 is 4.72 Å². The molecular formula is C18H23NO2S. The highest BCUT2D eigenvalue weighted by atomic mass is 32.2. The van der Waals surface area contributed by atoms with Crippen LogP contribution in [0.15, 0.2) is 48.5 Å². The third-order valence-corrected chi connectivity index (χ3v) is 5.20. The van der Waals surface area contributed by atoms with Crippen LogP contribution in [0.5, 0.6) is 0 Å². The zero-order valence-corrected chi connectivity index (χ0v) is 14.4. The molecule has 0 unspecified atom stereocenters. The summed E-state index contributed by atoms with van der Waals surface area (Å²) in [6.07, 6.45) is 0. The smallest absolute Gasteiger partial charge is 0.212 e. The average Bonchev–Trinajstić information content (AvgIpc) is 2.36. The Labute approximate surface area is 133 Å². The van der Waals surface area contributed by atoms with Gasteiger partial charge in [0.05, 0.1) is 11.3 Å². The Kier molecular flexibility index (Phi) is 4.73. The van der Waals surface area contributed by atoms with Gasteiger partial charge < -0.3 is 0 Å². The summed E-state index contributed by atoms with van der Waals surface area (Å²) in [6.45, 7) is 7.74. The Morgan fingerprint density at radius 1 is 1.00 bits per heavy atom. The second kappa shape index (κ2) is 6.23. The highest BCUT2D eigenvalue weighted by molar-refractivity contribution is 7.88. The third-order valence-electron chi connectivity index (χ3n) is 3.67. The standard InChI is InChI=1S/C18H23NO2S/c1-14-8-7-10-16(12-14)13-22(20,21)19-18(3,4)17-11-6-5-9-15(17)2/h5-12,19H,13H2,1-4H3. The Balaban J connectivity index is 2.22. The van der Waals surface area contributed by atoms with Crippen molar-refractivity contribution in [1.82, 2.24) is 4.72 Å².